The Bertz CT molecular complexity index is 489. The van der Waals surface area contributed by atoms with Gasteiger partial charge in [0.25, 0.3) is 0 Å². The molecule has 0 N–H and O–H groups in total. The molecule has 1 aliphatic rings. The summed E-state index contributed by atoms with van der Waals surface area (Å²) in [6, 6.07) is 0. The van der Waals surface area contributed by atoms with E-state index >= 15 is 0 Å². The first-order valence-electron chi connectivity index (χ1n) is 4.72. The van der Waals surface area contributed by atoms with Crippen LogP contribution in [0.3, 0.4) is 0 Å². The molecule has 0 aliphatic carbocycles. The Morgan fingerprint density at radius 1 is 1.27 bits per heavy atom. The minimum atomic E-state index is 0.520. The molecule has 0 saturated heterocycles. The van der Waals surface area contributed by atoms with E-state index in [0.717, 1.165) is 28.0 Å². The second-order valence-electron chi connectivity index (χ2n) is 3.69. The van der Waals surface area contributed by atoms with Gasteiger partial charge in [-0.15, -0.1) is 0 Å². The molecule has 2 nitrogen and oxygen atoms in total. The van der Waals surface area contributed by atoms with Crippen molar-refractivity contribution in [3.8, 4) is 0 Å². The summed E-state index contributed by atoms with van der Waals surface area (Å²) in [4.78, 5) is 4.30. The molecule has 3 heteroatoms. The summed E-state index contributed by atoms with van der Waals surface area (Å²) in [5, 5.41) is 0.520. The summed E-state index contributed by atoms with van der Waals surface area (Å²) in [5.74, 6) is 0.657. The van der Waals surface area contributed by atoms with Crippen molar-refractivity contribution in [1.29, 1.82) is 0 Å². The number of rotatable bonds is 1. The fraction of sp³-hybridized carbons (Fsp3) is 0.250. The SMILES string of the molecule is C=C1OC=C1c1c(Cl)nc(C)c(C)c1C. The fourth-order valence-corrected chi connectivity index (χ4v) is 1.98. The quantitative estimate of drug-likeness (QED) is 0.677. The zero-order valence-corrected chi connectivity index (χ0v) is 9.77. The summed E-state index contributed by atoms with van der Waals surface area (Å²) in [6.07, 6.45) is 1.66. The first-order valence-corrected chi connectivity index (χ1v) is 5.10. The lowest BCUT2D eigenvalue weighted by Gasteiger charge is -2.22. The van der Waals surface area contributed by atoms with Crippen LogP contribution in [0.1, 0.15) is 22.4 Å². The zero-order chi connectivity index (χ0) is 11.2. The van der Waals surface area contributed by atoms with Gasteiger partial charge in [0.05, 0.1) is 5.57 Å². The van der Waals surface area contributed by atoms with Gasteiger partial charge in [-0.3, -0.25) is 0 Å². The molecule has 78 valence electrons. The summed E-state index contributed by atoms with van der Waals surface area (Å²) >= 11 is 6.13. The van der Waals surface area contributed by atoms with E-state index < -0.39 is 0 Å². The average Bonchev–Trinajstić information content (AvgIpc) is 2.18. The van der Waals surface area contributed by atoms with Crippen LogP contribution in [0.4, 0.5) is 0 Å². The van der Waals surface area contributed by atoms with Crippen molar-refractivity contribution in [2.75, 3.05) is 0 Å². The van der Waals surface area contributed by atoms with Gasteiger partial charge < -0.3 is 4.74 Å². The lowest BCUT2D eigenvalue weighted by Crippen LogP contribution is -2.06. The summed E-state index contributed by atoms with van der Waals surface area (Å²) in [7, 11) is 0. The van der Waals surface area contributed by atoms with Crippen molar-refractivity contribution >= 4 is 17.2 Å². The average molecular weight is 222 g/mol. The summed E-state index contributed by atoms with van der Waals surface area (Å²) in [6.45, 7) is 9.81. The second kappa shape index (κ2) is 3.38. The largest absolute Gasteiger partial charge is 0.464 e. The highest BCUT2D eigenvalue weighted by Crippen LogP contribution is 2.37. The first-order chi connectivity index (χ1) is 7.02. The molecule has 0 radical (unpaired) electrons. The van der Waals surface area contributed by atoms with Crippen LogP contribution in [0.15, 0.2) is 18.6 Å². The van der Waals surface area contributed by atoms with Crippen molar-refractivity contribution in [1.82, 2.24) is 4.98 Å². The highest BCUT2D eigenvalue weighted by molar-refractivity contribution is 6.31. The zero-order valence-electron chi connectivity index (χ0n) is 9.02. The molecule has 15 heavy (non-hydrogen) atoms. The van der Waals surface area contributed by atoms with Crippen molar-refractivity contribution in [3.05, 3.63) is 46.1 Å². The van der Waals surface area contributed by atoms with Crippen molar-refractivity contribution in [2.24, 2.45) is 0 Å². The normalized spacial score (nSPS) is 14.4. The Hall–Kier alpha value is -1.28. The van der Waals surface area contributed by atoms with Crippen LogP contribution >= 0.6 is 11.6 Å². The van der Waals surface area contributed by atoms with Crippen LogP contribution in [0.5, 0.6) is 0 Å². The van der Waals surface area contributed by atoms with Gasteiger partial charge in [0.2, 0.25) is 0 Å². The van der Waals surface area contributed by atoms with E-state index in [9.17, 15) is 0 Å². The predicted molar refractivity (Wildman–Crippen MR) is 61.7 cm³/mol. The van der Waals surface area contributed by atoms with E-state index in [1.54, 1.807) is 6.26 Å². The fourth-order valence-electron chi connectivity index (χ4n) is 1.61. The third kappa shape index (κ3) is 1.45. The number of ether oxygens (including phenoxy) is 1. The molecule has 0 spiro atoms. The van der Waals surface area contributed by atoms with Gasteiger partial charge in [0, 0.05) is 11.3 Å². The molecule has 0 atom stereocenters. The number of hydrogen-bond donors (Lipinski definition) is 0. The Labute approximate surface area is 94.2 Å². The highest BCUT2D eigenvalue weighted by Gasteiger charge is 2.22. The van der Waals surface area contributed by atoms with Crippen LogP contribution in [-0.4, -0.2) is 4.98 Å². The van der Waals surface area contributed by atoms with Crippen LogP contribution < -0.4 is 0 Å². The molecule has 1 aromatic rings. The van der Waals surface area contributed by atoms with Gasteiger partial charge in [-0.1, -0.05) is 18.2 Å². The lowest BCUT2D eigenvalue weighted by atomic mass is 9.96. The van der Waals surface area contributed by atoms with E-state index in [-0.39, 0.29) is 0 Å². The number of pyridine rings is 1. The minimum Gasteiger partial charge on any atom is -0.464 e. The maximum Gasteiger partial charge on any atom is 0.137 e. The number of aromatic nitrogens is 1. The summed E-state index contributed by atoms with van der Waals surface area (Å²) < 4.78 is 5.03. The number of aryl methyl sites for hydroxylation is 1. The van der Waals surface area contributed by atoms with E-state index in [1.807, 2.05) is 20.8 Å². The first kappa shape index (κ1) is 10.2. The minimum absolute atomic E-state index is 0.520. The third-order valence-corrected chi connectivity index (χ3v) is 3.11. The monoisotopic (exact) mass is 221 g/mol. The molecule has 2 rings (SSSR count). The molecule has 0 fully saturated rings. The van der Waals surface area contributed by atoms with E-state index in [2.05, 4.69) is 11.6 Å². The number of halogens is 1. The van der Waals surface area contributed by atoms with Crippen LogP contribution in [0.25, 0.3) is 5.57 Å². The van der Waals surface area contributed by atoms with E-state index in [1.165, 1.54) is 0 Å². The third-order valence-electron chi connectivity index (χ3n) is 2.84. The molecule has 0 unspecified atom stereocenters. The van der Waals surface area contributed by atoms with Crippen LogP contribution in [0.2, 0.25) is 5.15 Å². The Morgan fingerprint density at radius 2 is 1.93 bits per heavy atom. The van der Waals surface area contributed by atoms with Crippen molar-refractivity contribution < 1.29 is 4.74 Å². The maximum atomic E-state index is 6.13. The van der Waals surface area contributed by atoms with Crippen molar-refractivity contribution in [2.45, 2.75) is 20.8 Å². The summed E-state index contributed by atoms with van der Waals surface area (Å²) in [5.41, 5.74) is 5.16. The molecule has 0 saturated carbocycles. The van der Waals surface area contributed by atoms with Gasteiger partial charge in [0.15, 0.2) is 0 Å². The van der Waals surface area contributed by atoms with Gasteiger partial charge >= 0.3 is 0 Å². The van der Waals surface area contributed by atoms with E-state index in [0.29, 0.717) is 10.9 Å². The Balaban J connectivity index is 2.67. The molecule has 0 amide bonds. The van der Waals surface area contributed by atoms with Gasteiger partial charge in [-0.05, 0) is 31.9 Å². The van der Waals surface area contributed by atoms with Crippen molar-refractivity contribution in [3.63, 3.8) is 0 Å². The smallest absolute Gasteiger partial charge is 0.137 e. The van der Waals surface area contributed by atoms with Gasteiger partial charge in [-0.25, -0.2) is 4.98 Å². The molecule has 1 aromatic heterocycles. The lowest BCUT2D eigenvalue weighted by molar-refractivity contribution is 0.340. The molecule has 1 aliphatic heterocycles. The highest BCUT2D eigenvalue weighted by atomic mass is 35.5. The van der Waals surface area contributed by atoms with E-state index in [4.69, 9.17) is 16.3 Å². The molecule has 0 aromatic carbocycles. The second-order valence-corrected chi connectivity index (χ2v) is 4.04. The molecular weight excluding hydrogens is 210 g/mol. The molecule has 2 heterocycles. The predicted octanol–water partition coefficient (Wildman–Crippen LogP) is 3.55. The number of allylic oxidation sites excluding steroid dienone is 1. The van der Waals surface area contributed by atoms with Crippen LogP contribution in [-0.2, 0) is 4.74 Å². The topological polar surface area (TPSA) is 22.1 Å². The van der Waals surface area contributed by atoms with Crippen LogP contribution in [0, 0.1) is 20.8 Å². The van der Waals surface area contributed by atoms with Gasteiger partial charge in [-0.2, -0.15) is 0 Å². The number of hydrogen-bond acceptors (Lipinski definition) is 2. The molecular formula is C12H12ClNO. The Morgan fingerprint density at radius 3 is 2.40 bits per heavy atom. The number of nitrogens with zero attached hydrogens (tertiary/aromatic N) is 1. The molecule has 0 bridgehead atoms. The Kier molecular flexibility index (Phi) is 2.31. The van der Waals surface area contributed by atoms with Gasteiger partial charge in [0.1, 0.15) is 17.2 Å². The maximum absolute atomic E-state index is 6.13. The standard InChI is InChI=1S/C12H12ClNO/c1-6-7(2)11(10-5-15-9(10)4)12(13)14-8(6)3/h5H,4H2,1-3H3.